The van der Waals surface area contributed by atoms with E-state index in [1.807, 2.05) is 0 Å². The summed E-state index contributed by atoms with van der Waals surface area (Å²) in [7, 11) is 1.22. The molecule has 0 unspecified atom stereocenters. The van der Waals surface area contributed by atoms with Crippen molar-refractivity contribution in [3.63, 3.8) is 0 Å². The lowest BCUT2D eigenvalue weighted by Gasteiger charge is -2.04. The molecule has 0 aliphatic heterocycles. The van der Waals surface area contributed by atoms with Gasteiger partial charge in [0.2, 0.25) is 0 Å². The van der Waals surface area contributed by atoms with Crippen LogP contribution in [0.1, 0.15) is 15.9 Å². The van der Waals surface area contributed by atoms with Crippen LogP contribution in [0.2, 0.25) is 5.15 Å². The van der Waals surface area contributed by atoms with Gasteiger partial charge in [0.15, 0.2) is 11.0 Å². The molecule has 1 aromatic heterocycles. The predicted octanol–water partition coefficient (Wildman–Crippen LogP) is 1.97. The molecule has 1 rings (SSSR count). The summed E-state index contributed by atoms with van der Waals surface area (Å²) >= 11 is 5.40. The van der Waals surface area contributed by atoms with E-state index in [0.29, 0.717) is 0 Å². The van der Waals surface area contributed by atoms with Crippen molar-refractivity contribution >= 4 is 17.6 Å². The Morgan fingerprint density at radius 1 is 1.69 bits per heavy atom. The highest BCUT2D eigenvalue weighted by Gasteiger charge is 2.15. The maximum absolute atomic E-state index is 13.1. The first-order valence-corrected chi connectivity index (χ1v) is 3.84. The molecule has 13 heavy (non-hydrogen) atoms. The van der Waals surface area contributed by atoms with E-state index >= 15 is 0 Å². The standard InChI is InChI=1S/C8H7ClFNO2/c1-4-5(8(12)13-2)3-11-7(9)6(4)10/h3H,1-2H3. The number of halogens is 2. The van der Waals surface area contributed by atoms with Crippen molar-refractivity contribution in [2.24, 2.45) is 0 Å². The van der Waals surface area contributed by atoms with E-state index in [1.54, 1.807) is 0 Å². The lowest BCUT2D eigenvalue weighted by molar-refractivity contribution is 0.0598. The highest BCUT2D eigenvalue weighted by Crippen LogP contribution is 2.18. The van der Waals surface area contributed by atoms with Gasteiger partial charge in [0.1, 0.15) is 0 Å². The van der Waals surface area contributed by atoms with Crippen LogP contribution in [0.5, 0.6) is 0 Å². The average Bonchev–Trinajstić information content (AvgIpc) is 2.13. The Balaban J connectivity index is 3.26. The van der Waals surface area contributed by atoms with Crippen LogP contribution < -0.4 is 0 Å². The smallest absolute Gasteiger partial charge is 0.339 e. The summed E-state index contributed by atoms with van der Waals surface area (Å²) in [4.78, 5) is 14.5. The van der Waals surface area contributed by atoms with Crippen LogP contribution in [0.25, 0.3) is 0 Å². The Kier molecular flexibility index (Phi) is 2.83. The van der Waals surface area contributed by atoms with Crippen molar-refractivity contribution in [1.82, 2.24) is 4.98 Å². The summed E-state index contributed by atoms with van der Waals surface area (Å²) in [6.45, 7) is 1.44. The van der Waals surface area contributed by atoms with E-state index in [4.69, 9.17) is 11.6 Å². The van der Waals surface area contributed by atoms with Gasteiger partial charge in [0, 0.05) is 11.8 Å². The zero-order valence-electron chi connectivity index (χ0n) is 7.10. The van der Waals surface area contributed by atoms with E-state index in [-0.39, 0.29) is 16.3 Å². The number of hydrogen-bond donors (Lipinski definition) is 0. The number of pyridine rings is 1. The number of carbonyl (C=O) groups excluding carboxylic acids is 1. The van der Waals surface area contributed by atoms with E-state index in [9.17, 15) is 9.18 Å². The summed E-state index contributed by atoms with van der Waals surface area (Å²) < 4.78 is 17.5. The third kappa shape index (κ3) is 1.78. The molecule has 0 aliphatic rings. The van der Waals surface area contributed by atoms with Crippen LogP contribution in [0.15, 0.2) is 6.20 Å². The van der Waals surface area contributed by atoms with E-state index in [0.717, 1.165) is 0 Å². The quantitative estimate of drug-likeness (QED) is 0.518. The fourth-order valence-electron chi connectivity index (χ4n) is 0.863. The first-order valence-electron chi connectivity index (χ1n) is 3.46. The number of esters is 1. The zero-order chi connectivity index (χ0) is 10.0. The molecule has 0 saturated heterocycles. The molecule has 0 bridgehead atoms. The fraction of sp³-hybridized carbons (Fsp3) is 0.250. The number of ether oxygens (including phenoxy) is 1. The topological polar surface area (TPSA) is 39.2 Å². The summed E-state index contributed by atoms with van der Waals surface area (Å²) in [5.41, 5.74) is 0.233. The highest BCUT2D eigenvalue weighted by molar-refractivity contribution is 6.29. The summed E-state index contributed by atoms with van der Waals surface area (Å²) in [6.07, 6.45) is 1.19. The fourth-order valence-corrected chi connectivity index (χ4v) is 1.05. The molecule has 0 fully saturated rings. The lowest BCUT2D eigenvalue weighted by atomic mass is 10.1. The van der Waals surface area contributed by atoms with Crippen molar-refractivity contribution in [2.45, 2.75) is 6.92 Å². The molecule has 0 N–H and O–H groups in total. The van der Waals surface area contributed by atoms with E-state index < -0.39 is 11.8 Å². The molecule has 0 saturated carbocycles. The molecule has 0 atom stereocenters. The number of carbonyl (C=O) groups is 1. The van der Waals surface area contributed by atoms with Gasteiger partial charge in [-0.15, -0.1) is 0 Å². The molecule has 1 heterocycles. The minimum atomic E-state index is -0.690. The normalized spacial score (nSPS) is 9.85. The predicted molar refractivity (Wildman–Crippen MR) is 45.3 cm³/mol. The number of nitrogens with zero attached hydrogens (tertiary/aromatic N) is 1. The Bertz CT molecular complexity index is 354. The molecule has 0 spiro atoms. The highest BCUT2D eigenvalue weighted by atomic mass is 35.5. The first kappa shape index (κ1) is 9.92. The molecule has 0 aromatic carbocycles. The van der Waals surface area contributed by atoms with Crippen LogP contribution >= 0.6 is 11.6 Å². The van der Waals surface area contributed by atoms with E-state index in [2.05, 4.69) is 9.72 Å². The third-order valence-electron chi connectivity index (χ3n) is 1.63. The molecule has 0 aliphatic carbocycles. The minimum absolute atomic E-state index is 0.0874. The number of aromatic nitrogens is 1. The summed E-state index contributed by atoms with van der Waals surface area (Å²) in [5, 5.41) is -0.245. The van der Waals surface area contributed by atoms with Crippen molar-refractivity contribution in [3.8, 4) is 0 Å². The van der Waals surface area contributed by atoms with Crippen molar-refractivity contribution in [3.05, 3.63) is 28.3 Å². The minimum Gasteiger partial charge on any atom is -0.465 e. The van der Waals surface area contributed by atoms with Crippen LogP contribution in [0.3, 0.4) is 0 Å². The second-order valence-electron chi connectivity index (χ2n) is 2.39. The summed E-state index contributed by atoms with van der Waals surface area (Å²) in [5.74, 6) is -1.31. The van der Waals surface area contributed by atoms with Gasteiger partial charge < -0.3 is 4.74 Å². The molecule has 3 nitrogen and oxygen atoms in total. The van der Waals surface area contributed by atoms with Gasteiger partial charge in [-0.05, 0) is 6.92 Å². The Morgan fingerprint density at radius 3 is 2.85 bits per heavy atom. The van der Waals surface area contributed by atoms with Gasteiger partial charge in [0.05, 0.1) is 12.7 Å². The van der Waals surface area contributed by atoms with Gasteiger partial charge in [0.25, 0.3) is 0 Å². The third-order valence-corrected chi connectivity index (χ3v) is 1.89. The Labute approximate surface area is 79.5 Å². The zero-order valence-corrected chi connectivity index (χ0v) is 7.85. The van der Waals surface area contributed by atoms with Crippen LogP contribution in [-0.4, -0.2) is 18.1 Å². The number of methoxy groups -OCH3 is 1. The van der Waals surface area contributed by atoms with Crippen LogP contribution in [0.4, 0.5) is 4.39 Å². The molecule has 0 amide bonds. The molecule has 70 valence electrons. The molecule has 1 aromatic rings. The van der Waals surface area contributed by atoms with Gasteiger partial charge in [-0.1, -0.05) is 11.6 Å². The largest absolute Gasteiger partial charge is 0.465 e. The maximum Gasteiger partial charge on any atom is 0.339 e. The molecular weight excluding hydrogens is 197 g/mol. The molecular formula is C8H7ClFNO2. The molecule has 5 heteroatoms. The van der Waals surface area contributed by atoms with Gasteiger partial charge in [-0.3, -0.25) is 0 Å². The Hall–Kier alpha value is -1.16. The molecule has 0 radical (unpaired) electrons. The van der Waals surface area contributed by atoms with Crippen LogP contribution in [-0.2, 0) is 4.74 Å². The van der Waals surface area contributed by atoms with E-state index in [1.165, 1.54) is 20.2 Å². The first-order chi connectivity index (χ1) is 6.07. The van der Waals surface area contributed by atoms with Gasteiger partial charge in [-0.25, -0.2) is 14.2 Å². The SMILES string of the molecule is COC(=O)c1cnc(Cl)c(F)c1C. The van der Waals surface area contributed by atoms with Crippen molar-refractivity contribution in [2.75, 3.05) is 7.11 Å². The Morgan fingerprint density at radius 2 is 2.31 bits per heavy atom. The van der Waals surface area contributed by atoms with Gasteiger partial charge in [-0.2, -0.15) is 0 Å². The second kappa shape index (κ2) is 3.70. The monoisotopic (exact) mass is 203 g/mol. The number of rotatable bonds is 1. The van der Waals surface area contributed by atoms with Crippen LogP contribution in [0, 0.1) is 12.7 Å². The number of hydrogen-bond acceptors (Lipinski definition) is 3. The lowest BCUT2D eigenvalue weighted by Crippen LogP contribution is -2.06. The van der Waals surface area contributed by atoms with Gasteiger partial charge >= 0.3 is 5.97 Å². The average molecular weight is 204 g/mol. The maximum atomic E-state index is 13.1. The second-order valence-corrected chi connectivity index (χ2v) is 2.75. The van der Waals surface area contributed by atoms with Crippen molar-refractivity contribution < 1.29 is 13.9 Å². The summed E-state index contributed by atoms with van der Waals surface area (Å²) in [6, 6.07) is 0. The van der Waals surface area contributed by atoms with Crippen molar-refractivity contribution in [1.29, 1.82) is 0 Å².